The first kappa shape index (κ1) is 16.5. The molecule has 1 atom stereocenters. The van der Waals surface area contributed by atoms with Crippen LogP contribution in [-0.2, 0) is 4.79 Å². The molecule has 0 heterocycles. The van der Waals surface area contributed by atoms with Crippen LogP contribution < -0.4 is 9.47 Å². The molecule has 3 heteroatoms. The number of hydrogen-bond donors (Lipinski definition) is 0. The predicted molar refractivity (Wildman–Crippen MR) is 81.7 cm³/mol. The number of unbranched alkanes of at least 4 members (excludes halogenated alkanes) is 1. The van der Waals surface area contributed by atoms with E-state index in [4.69, 9.17) is 9.47 Å². The number of ketones is 1. The van der Waals surface area contributed by atoms with Crippen molar-refractivity contribution >= 4 is 5.78 Å². The average Bonchev–Trinajstić information content (AvgIpc) is 2.44. The summed E-state index contributed by atoms with van der Waals surface area (Å²) in [6, 6.07) is 5.76. The molecule has 0 spiro atoms. The van der Waals surface area contributed by atoms with Crippen LogP contribution in [0.15, 0.2) is 18.2 Å². The number of rotatable bonds is 8. The smallest absolute Gasteiger partial charge is 0.161 e. The van der Waals surface area contributed by atoms with Crippen LogP contribution in [0.5, 0.6) is 11.5 Å². The number of hydrogen-bond acceptors (Lipinski definition) is 3. The number of Topliss-reactive ketones (excluding diaryl/α,β-unsaturated/α-hetero) is 1. The molecule has 0 aliphatic rings. The lowest BCUT2D eigenvalue weighted by atomic mass is 9.83. The van der Waals surface area contributed by atoms with Gasteiger partial charge in [0, 0.05) is 12.3 Å². The molecule has 0 unspecified atom stereocenters. The second-order valence-electron chi connectivity index (χ2n) is 5.41. The fourth-order valence-electron chi connectivity index (χ4n) is 2.50. The fourth-order valence-corrected chi connectivity index (χ4v) is 2.50. The van der Waals surface area contributed by atoms with E-state index in [1.807, 2.05) is 18.2 Å². The molecule has 1 aromatic rings. The number of benzene rings is 1. The molecular formula is C17H26O3. The Morgan fingerprint density at radius 2 is 1.80 bits per heavy atom. The molecule has 112 valence electrons. The quantitative estimate of drug-likeness (QED) is 0.715. The third-order valence-electron chi connectivity index (χ3n) is 3.56. The van der Waals surface area contributed by atoms with E-state index in [2.05, 4.69) is 20.8 Å². The summed E-state index contributed by atoms with van der Waals surface area (Å²) in [7, 11) is 3.23. The second-order valence-corrected chi connectivity index (χ2v) is 5.41. The number of ether oxygens (including phenoxy) is 2. The van der Waals surface area contributed by atoms with Crippen molar-refractivity contribution in [2.75, 3.05) is 14.2 Å². The van der Waals surface area contributed by atoms with Gasteiger partial charge in [0.15, 0.2) is 11.5 Å². The van der Waals surface area contributed by atoms with Gasteiger partial charge in [0.05, 0.1) is 14.2 Å². The Hall–Kier alpha value is -1.51. The molecule has 0 bridgehead atoms. The Morgan fingerprint density at radius 3 is 2.30 bits per heavy atom. The van der Waals surface area contributed by atoms with Crippen molar-refractivity contribution in [3.05, 3.63) is 23.8 Å². The summed E-state index contributed by atoms with van der Waals surface area (Å²) >= 11 is 0. The summed E-state index contributed by atoms with van der Waals surface area (Å²) in [6.45, 7) is 6.28. The molecule has 1 rings (SSSR count). The first-order valence-electron chi connectivity index (χ1n) is 7.29. The first-order valence-corrected chi connectivity index (χ1v) is 7.29. The van der Waals surface area contributed by atoms with Crippen molar-refractivity contribution in [1.82, 2.24) is 0 Å². The molecule has 0 fully saturated rings. The lowest BCUT2D eigenvalue weighted by molar-refractivity contribution is -0.121. The van der Waals surface area contributed by atoms with Crippen LogP contribution in [-0.4, -0.2) is 20.0 Å². The van der Waals surface area contributed by atoms with Gasteiger partial charge < -0.3 is 9.47 Å². The van der Waals surface area contributed by atoms with Crippen LogP contribution in [0, 0.1) is 5.92 Å². The second kappa shape index (κ2) is 7.93. The van der Waals surface area contributed by atoms with E-state index in [0.29, 0.717) is 23.7 Å². The summed E-state index contributed by atoms with van der Waals surface area (Å²) in [5.41, 5.74) is 1.01. The lowest BCUT2D eigenvalue weighted by Crippen LogP contribution is -2.18. The molecule has 20 heavy (non-hydrogen) atoms. The molecule has 0 aromatic heterocycles. The molecular weight excluding hydrogens is 252 g/mol. The normalized spacial score (nSPS) is 12.3. The fraction of sp³-hybridized carbons (Fsp3) is 0.588. The standard InChI is InChI=1S/C17H26O3/c1-6-7-8-14(18)17(12(2)3)13-9-10-15(19-4)16(11-13)20-5/h9-12,17H,6-8H2,1-5H3/t17-/m0/s1. The van der Waals surface area contributed by atoms with Gasteiger partial charge in [-0.2, -0.15) is 0 Å². The zero-order valence-electron chi connectivity index (χ0n) is 13.2. The van der Waals surface area contributed by atoms with Crippen molar-refractivity contribution in [3.8, 4) is 11.5 Å². The van der Waals surface area contributed by atoms with Gasteiger partial charge in [-0.05, 0) is 30.0 Å². The van der Waals surface area contributed by atoms with Gasteiger partial charge in [-0.25, -0.2) is 0 Å². The van der Waals surface area contributed by atoms with Crippen LogP contribution in [0.2, 0.25) is 0 Å². The zero-order valence-corrected chi connectivity index (χ0v) is 13.2. The highest BCUT2D eigenvalue weighted by Gasteiger charge is 2.24. The van der Waals surface area contributed by atoms with E-state index in [0.717, 1.165) is 18.4 Å². The minimum absolute atomic E-state index is 0.0682. The van der Waals surface area contributed by atoms with Gasteiger partial charge in [-0.3, -0.25) is 4.79 Å². The molecule has 3 nitrogen and oxygen atoms in total. The van der Waals surface area contributed by atoms with E-state index in [9.17, 15) is 4.79 Å². The number of carbonyl (C=O) groups excluding carboxylic acids is 1. The number of carbonyl (C=O) groups is 1. The summed E-state index contributed by atoms with van der Waals surface area (Å²) in [5, 5.41) is 0. The highest BCUT2D eigenvalue weighted by atomic mass is 16.5. The van der Waals surface area contributed by atoms with Crippen LogP contribution in [0.4, 0.5) is 0 Å². The minimum Gasteiger partial charge on any atom is -0.493 e. The van der Waals surface area contributed by atoms with Crippen molar-refractivity contribution in [2.24, 2.45) is 5.92 Å². The van der Waals surface area contributed by atoms with Crippen molar-refractivity contribution in [2.45, 2.75) is 46.0 Å². The molecule has 0 aliphatic carbocycles. The molecule has 0 saturated carbocycles. The largest absolute Gasteiger partial charge is 0.493 e. The molecule has 1 aromatic carbocycles. The number of methoxy groups -OCH3 is 2. The average molecular weight is 278 g/mol. The summed E-state index contributed by atoms with van der Waals surface area (Å²) in [4.78, 5) is 12.4. The summed E-state index contributed by atoms with van der Waals surface area (Å²) < 4.78 is 10.6. The van der Waals surface area contributed by atoms with E-state index >= 15 is 0 Å². The Balaban J connectivity index is 3.06. The van der Waals surface area contributed by atoms with Crippen LogP contribution in [0.1, 0.15) is 51.5 Å². The molecule has 0 radical (unpaired) electrons. The minimum atomic E-state index is -0.0682. The van der Waals surface area contributed by atoms with Crippen molar-refractivity contribution in [1.29, 1.82) is 0 Å². The van der Waals surface area contributed by atoms with E-state index < -0.39 is 0 Å². The maximum absolute atomic E-state index is 12.4. The van der Waals surface area contributed by atoms with Crippen molar-refractivity contribution in [3.63, 3.8) is 0 Å². The van der Waals surface area contributed by atoms with Gasteiger partial charge in [0.1, 0.15) is 5.78 Å². The maximum atomic E-state index is 12.4. The van der Waals surface area contributed by atoms with Gasteiger partial charge in [0.2, 0.25) is 0 Å². The van der Waals surface area contributed by atoms with Gasteiger partial charge >= 0.3 is 0 Å². The Kier molecular flexibility index (Phi) is 6.56. The Labute approximate surface area is 122 Å². The highest BCUT2D eigenvalue weighted by Crippen LogP contribution is 2.34. The highest BCUT2D eigenvalue weighted by molar-refractivity contribution is 5.86. The van der Waals surface area contributed by atoms with Gasteiger partial charge in [-0.1, -0.05) is 33.3 Å². The van der Waals surface area contributed by atoms with E-state index in [1.54, 1.807) is 14.2 Å². The zero-order chi connectivity index (χ0) is 15.1. The SMILES string of the molecule is CCCCC(=O)[C@H](c1ccc(OC)c(OC)c1)C(C)C. The lowest BCUT2D eigenvalue weighted by Gasteiger charge is -2.21. The third-order valence-corrected chi connectivity index (χ3v) is 3.56. The summed E-state index contributed by atoms with van der Waals surface area (Å²) in [5.74, 6) is 1.89. The Bertz CT molecular complexity index is 438. The van der Waals surface area contributed by atoms with Gasteiger partial charge in [0.25, 0.3) is 0 Å². The molecule has 0 saturated heterocycles. The van der Waals surface area contributed by atoms with Gasteiger partial charge in [-0.15, -0.1) is 0 Å². The van der Waals surface area contributed by atoms with Crippen LogP contribution in [0.3, 0.4) is 0 Å². The topological polar surface area (TPSA) is 35.5 Å². The monoisotopic (exact) mass is 278 g/mol. The molecule has 0 amide bonds. The van der Waals surface area contributed by atoms with Crippen LogP contribution in [0.25, 0.3) is 0 Å². The van der Waals surface area contributed by atoms with E-state index in [-0.39, 0.29) is 11.8 Å². The predicted octanol–water partition coefficient (Wildman–Crippen LogP) is 4.20. The van der Waals surface area contributed by atoms with Crippen molar-refractivity contribution < 1.29 is 14.3 Å². The molecule has 0 aliphatic heterocycles. The third kappa shape index (κ3) is 3.99. The summed E-state index contributed by atoms with van der Waals surface area (Å²) in [6.07, 6.45) is 2.64. The van der Waals surface area contributed by atoms with E-state index in [1.165, 1.54) is 0 Å². The maximum Gasteiger partial charge on any atom is 0.161 e. The molecule has 0 N–H and O–H groups in total. The Morgan fingerprint density at radius 1 is 1.15 bits per heavy atom. The first-order chi connectivity index (χ1) is 9.54. The van der Waals surface area contributed by atoms with Crippen LogP contribution >= 0.6 is 0 Å².